The molecule has 0 radical (unpaired) electrons. The maximum Gasteiger partial charge on any atom is 0.142 e. The van der Waals surface area contributed by atoms with Crippen molar-refractivity contribution in [3.05, 3.63) is 59.4 Å². The summed E-state index contributed by atoms with van der Waals surface area (Å²) in [6.45, 7) is 1.99. The normalized spacial score (nSPS) is 13.8. The third-order valence-corrected chi connectivity index (χ3v) is 3.58. The first kappa shape index (κ1) is 13.4. The largest absolute Gasteiger partial charge is 0.491 e. The van der Waals surface area contributed by atoms with Gasteiger partial charge in [0.25, 0.3) is 0 Å². The van der Waals surface area contributed by atoms with E-state index in [1.54, 1.807) is 0 Å². The van der Waals surface area contributed by atoms with Gasteiger partial charge in [-0.1, -0.05) is 12.1 Å². The highest BCUT2D eigenvalue weighted by Crippen LogP contribution is 2.31. The molecule has 21 heavy (non-hydrogen) atoms. The molecule has 4 heteroatoms. The fourth-order valence-electron chi connectivity index (χ4n) is 2.57. The van der Waals surface area contributed by atoms with Crippen molar-refractivity contribution >= 4 is 5.69 Å². The van der Waals surface area contributed by atoms with Crippen LogP contribution in [0.3, 0.4) is 0 Å². The number of nitriles is 1. The lowest BCUT2D eigenvalue weighted by molar-refractivity contribution is 0.322. The molecular weight excluding hydrogens is 267 g/mol. The lowest BCUT2D eigenvalue weighted by Crippen LogP contribution is -2.23. The van der Waals surface area contributed by atoms with Crippen molar-refractivity contribution in [2.75, 3.05) is 18.1 Å². The van der Waals surface area contributed by atoms with Gasteiger partial charge in [-0.3, -0.25) is 0 Å². The summed E-state index contributed by atoms with van der Waals surface area (Å²) in [6, 6.07) is 14.2. The van der Waals surface area contributed by atoms with Crippen molar-refractivity contribution in [3.63, 3.8) is 0 Å². The van der Waals surface area contributed by atoms with Crippen LogP contribution in [-0.2, 0) is 6.54 Å². The molecule has 0 N–H and O–H groups in total. The zero-order valence-corrected chi connectivity index (χ0v) is 11.6. The monoisotopic (exact) mass is 282 g/mol. The summed E-state index contributed by atoms with van der Waals surface area (Å²) in [4.78, 5) is 2.14. The Bertz CT molecular complexity index is 693. The first-order valence-electron chi connectivity index (χ1n) is 6.93. The second-order valence-electron chi connectivity index (χ2n) is 5.00. The van der Waals surface area contributed by atoms with Crippen LogP contribution in [0.15, 0.2) is 42.5 Å². The fraction of sp³-hybridized carbons (Fsp3) is 0.235. The molecule has 0 spiro atoms. The van der Waals surface area contributed by atoms with Gasteiger partial charge in [-0.2, -0.15) is 5.26 Å². The first-order valence-corrected chi connectivity index (χ1v) is 6.93. The van der Waals surface area contributed by atoms with E-state index in [2.05, 4.69) is 11.0 Å². The maximum absolute atomic E-state index is 13.5. The highest BCUT2D eigenvalue weighted by molar-refractivity contribution is 5.59. The molecule has 0 aliphatic carbocycles. The smallest absolute Gasteiger partial charge is 0.142 e. The van der Waals surface area contributed by atoms with Gasteiger partial charge < -0.3 is 9.64 Å². The van der Waals surface area contributed by atoms with Crippen molar-refractivity contribution in [2.45, 2.75) is 13.0 Å². The van der Waals surface area contributed by atoms with Crippen LogP contribution in [0.4, 0.5) is 10.1 Å². The number of benzene rings is 2. The molecule has 0 amide bonds. The summed E-state index contributed by atoms with van der Waals surface area (Å²) in [6.07, 6.45) is 0.895. The number of hydrogen-bond donors (Lipinski definition) is 0. The van der Waals surface area contributed by atoms with Crippen LogP contribution in [0.5, 0.6) is 5.75 Å². The van der Waals surface area contributed by atoms with Gasteiger partial charge in [0.1, 0.15) is 11.6 Å². The highest BCUT2D eigenvalue weighted by Gasteiger charge is 2.17. The lowest BCUT2D eigenvalue weighted by atomic mass is 10.1. The van der Waals surface area contributed by atoms with Gasteiger partial charge in [0, 0.05) is 13.1 Å². The van der Waals surface area contributed by atoms with E-state index in [1.807, 2.05) is 24.3 Å². The fourth-order valence-corrected chi connectivity index (χ4v) is 2.57. The Morgan fingerprint density at radius 2 is 2.10 bits per heavy atom. The Balaban J connectivity index is 1.95. The average molecular weight is 282 g/mol. The Kier molecular flexibility index (Phi) is 3.74. The predicted molar refractivity (Wildman–Crippen MR) is 78.7 cm³/mol. The van der Waals surface area contributed by atoms with E-state index in [0.29, 0.717) is 24.3 Å². The number of para-hydroxylation sites is 2. The molecule has 0 atom stereocenters. The van der Waals surface area contributed by atoms with E-state index >= 15 is 0 Å². The number of halogens is 1. The highest BCUT2D eigenvalue weighted by atomic mass is 19.1. The first-order chi connectivity index (χ1) is 10.3. The van der Waals surface area contributed by atoms with Gasteiger partial charge in [0.2, 0.25) is 0 Å². The standard InChI is InChI=1S/C17H15FN2O/c18-15-7-6-13(11-19)14(10-15)12-20-8-3-9-21-17-5-2-1-4-16(17)20/h1-2,4-7,10H,3,8-9,12H2. The van der Waals surface area contributed by atoms with Gasteiger partial charge in [-0.25, -0.2) is 4.39 Å². The summed E-state index contributed by atoms with van der Waals surface area (Å²) in [5.74, 6) is 0.522. The molecule has 106 valence electrons. The van der Waals surface area contributed by atoms with Crippen molar-refractivity contribution in [1.29, 1.82) is 5.26 Å². The molecule has 0 saturated heterocycles. The van der Waals surface area contributed by atoms with Crippen LogP contribution in [0.2, 0.25) is 0 Å². The second-order valence-corrected chi connectivity index (χ2v) is 5.00. The SMILES string of the molecule is N#Cc1ccc(F)cc1CN1CCCOc2ccccc21. The van der Waals surface area contributed by atoms with Crippen LogP contribution in [0.1, 0.15) is 17.5 Å². The van der Waals surface area contributed by atoms with Crippen molar-refractivity contribution in [3.8, 4) is 11.8 Å². The number of nitrogens with zero attached hydrogens (tertiary/aromatic N) is 2. The number of fused-ring (bicyclic) bond motifs is 1. The number of hydrogen-bond acceptors (Lipinski definition) is 3. The number of rotatable bonds is 2. The van der Waals surface area contributed by atoms with Crippen LogP contribution in [-0.4, -0.2) is 13.2 Å². The molecule has 0 unspecified atom stereocenters. The molecule has 1 aliphatic rings. The summed E-state index contributed by atoms with van der Waals surface area (Å²) in [7, 11) is 0. The summed E-state index contributed by atoms with van der Waals surface area (Å²) >= 11 is 0. The Labute approximate surface area is 123 Å². The number of anilines is 1. The minimum atomic E-state index is -0.316. The van der Waals surface area contributed by atoms with Gasteiger partial charge in [0.05, 0.1) is 23.9 Å². The Hall–Kier alpha value is -2.54. The Morgan fingerprint density at radius 1 is 1.24 bits per heavy atom. The average Bonchev–Trinajstić information content (AvgIpc) is 2.70. The predicted octanol–water partition coefficient (Wildman–Crippen LogP) is 3.49. The van der Waals surface area contributed by atoms with Crippen molar-refractivity contribution in [2.24, 2.45) is 0 Å². The number of ether oxygens (including phenoxy) is 1. The van der Waals surface area contributed by atoms with Crippen LogP contribution < -0.4 is 9.64 Å². The van der Waals surface area contributed by atoms with Gasteiger partial charge >= 0.3 is 0 Å². The topological polar surface area (TPSA) is 36.3 Å². The molecular formula is C17H15FN2O. The van der Waals surface area contributed by atoms with Crippen LogP contribution in [0.25, 0.3) is 0 Å². The zero-order valence-electron chi connectivity index (χ0n) is 11.6. The lowest BCUT2D eigenvalue weighted by Gasteiger charge is -2.24. The van der Waals surface area contributed by atoms with Gasteiger partial charge in [0.15, 0.2) is 0 Å². The second kappa shape index (κ2) is 5.84. The molecule has 0 aromatic heterocycles. The minimum absolute atomic E-state index is 0.316. The van der Waals surface area contributed by atoms with E-state index in [1.165, 1.54) is 18.2 Å². The van der Waals surface area contributed by atoms with Crippen molar-refractivity contribution in [1.82, 2.24) is 0 Å². The Morgan fingerprint density at radius 3 is 2.95 bits per heavy atom. The summed E-state index contributed by atoms with van der Waals surface area (Å²) < 4.78 is 19.2. The molecule has 0 fully saturated rings. The molecule has 0 bridgehead atoms. The molecule has 3 nitrogen and oxygen atoms in total. The summed E-state index contributed by atoms with van der Waals surface area (Å²) in [5.41, 5.74) is 2.21. The third kappa shape index (κ3) is 2.82. The maximum atomic E-state index is 13.5. The molecule has 3 rings (SSSR count). The molecule has 2 aromatic carbocycles. The van der Waals surface area contributed by atoms with E-state index in [0.717, 1.165) is 24.4 Å². The zero-order chi connectivity index (χ0) is 14.7. The molecule has 1 aliphatic heterocycles. The minimum Gasteiger partial charge on any atom is -0.491 e. The van der Waals surface area contributed by atoms with Crippen LogP contribution in [0, 0.1) is 17.1 Å². The third-order valence-electron chi connectivity index (χ3n) is 3.58. The molecule has 1 heterocycles. The van der Waals surface area contributed by atoms with Gasteiger partial charge in [-0.05, 0) is 42.3 Å². The molecule has 2 aromatic rings. The molecule has 0 saturated carbocycles. The van der Waals surface area contributed by atoms with Crippen molar-refractivity contribution < 1.29 is 9.13 Å². The van der Waals surface area contributed by atoms with E-state index in [-0.39, 0.29) is 5.82 Å². The quantitative estimate of drug-likeness (QED) is 0.846. The van der Waals surface area contributed by atoms with E-state index < -0.39 is 0 Å². The van der Waals surface area contributed by atoms with E-state index in [4.69, 9.17) is 4.74 Å². The van der Waals surface area contributed by atoms with E-state index in [9.17, 15) is 9.65 Å². The summed E-state index contributed by atoms with van der Waals surface area (Å²) in [5, 5.41) is 9.17. The van der Waals surface area contributed by atoms with Crippen LogP contribution >= 0.6 is 0 Å². The van der Waals surface area contributed by atoms with Gasteiger partial charge in [-0.15, -0.1) is 0 Å².